The molecule has 0 N–H and O–H groups in total. The molecule has 0 saturated heterocycles. The average Bonchev–Trinajstić information content (AvgIpc) is 2.55. The number of methoxy groups -OCH3 is 1. The molecule has 2 aromatic carbocycles. The second kappa shape index (κ2) is 6.70. The summed E-state index contributed by atoms with van der Waals surface area (Å²) in [5.41, 5.74) is 0.535. The molecule has 0 heterocycles. The second-order valence-corrected chi connectivity index (χ2v) is 6.55. The topological polar surface area (TPSA) is 55.8 Å². The Labute approximate surface area is 131 Å². The van der Waals surface area contributed by atoms with E-state index in [0.29, 0.717) is 23.8 Å². The van der Waals surface area contributed by atoms with Crippen LogP contribution in [0.3, 0.4) is 0 Å². The SMILES string of the molecule is CCOc1ccc(S(=O)(=O)N(C)c2cccc(OC)c2)cc1. The minimum atomic E-state index is -3.63. The Morgan fingerprint density at radius 1 is 1.05 bits per heavy atom. The standard InChI is InChI=1S/C16H19NO4S/c1-4-21-14-8-10-16(11-9-14)22(18,19)17(2)13-6-5-7-15(12-13)20-3/h5-12H,4H2,1-3H3. The smallest absolute Gasteiger partial charge is 0.264 e. The summed E-state index contributed by atoms with van der Waals surface area (Å²) < 4.78 is 37.0. The molecule has 0 radical (unpaired) electrons. The molecule has 0 atom stereocenters. The van der Waals surface area contributed by atoms with Gasteiger partial charge in [-0.1, -0.05) is 6.07 Å². The third kappa shape index (κ3) is 3.33. The number of rotatable bonds is 6. The maximum absolute atomic E-state index is 12.6. The van der Waals surface area contributed by atoms with Gasteiger partial charge in [0.2, 0.25) is 0 Å². The molecule has 5 nitrogen and oxygen atoms in total. The molecule has 118 valence electrons. The van der Waals surface area contributed by atoms with Crippen molar-refractivity contribution in [1.82, 2.24) is 0 Å². The van der Waals surface area contributed by atoms with Crippen molar-refractivity contribution < 1.29 is 17.9 Å². The van der Waals surface area contributed by atoms with Crippen molar-refractivity contribution in [2.24, 2.45) is 0 Å². The summed E-state index contributed by atoms with van der Waals surface area (Å²) >= 11 is 0. The van der Waals surface area contributed by atoms with Crippen molar-refractivity contribution in [1.29, 1.82) is 0 Å². The summed E-state index contributed by atoms with van der Waals surface area (Å²) in [4.78, 5) is 0.210. The third-order valence-electron chi connectivity index (χ3n) is 3.21. The zero-order valence-corrected chi connectivity index (χ0v) is 13.6. The monoisotopic (exact) mass is 321 g/mol. The van der Waals surface area contributed by atoms with Crippen LogP contribution in [0.2, 0.25) is 0 Å². The molecule has 6 heteroatoms. The molecule has 0 aliphatic heterocycles. The molecule has 2 aromatic rings. The Morgan fingerprint density at radius 2 is 1.73 bits per heavy atom. The van der Waals surface area contributed by atoms with Gasteiger partial charge in [-0.15, -0.1) is 0 Å². The van der Waals surface area contributed by atoms with Crippen LogP contribution < -0.4 is 13.8 Å². The van der Waals surface area contributed by atoms with Crippen LogP contribution in [-0.4, -0.2) is 29.2 Å². The first kappa shape index (κ1) is 16.2. The minimum Gasteiger partial charge on any atom is -0.497 e. The molecule has 2 rings (SSSR count). The van der Waals surface area contributed by atoms with E-state index in [0.717, 1.165) is 0 Å². The average molecular weight is 321 g/mol. The first-order valence-electron chi connectivity index (χ1n) is 6.85. The predicted octanol–water partition coefficient (Wildman–Crippen LogP) is 2.92. The number of anilines is 1. The van der Waals surface area contributed by atoms with Gasteiger partial charge in [-0.05, 0) is 43.3 Å². The predicted molar refractivity (Wildman–Crippen MR) is 86.2 cm³/mol. The summed E-state index contributed by atoms with van der Waals surface area (Å²) in [6.45, 7) is 2.41. The van der Waals surface area contributed by atoms with E-state index in [4.69, 9.17) is 9.47 Å². The molecular formula is C16H19NO4S. The van der Waals surface area contributed by atoms with Crippen LogP contribution in [-0.2, 0) is 10.0 Å². The molecule has 0 bridgehead atoms. The van der Waals surface area contributed by atoms with Gasteiger partial charge in [0.15, 0.2) is 0 Å². The maximum Gasteiger partial charge on any atom is 0.264 e. The highest BCUT2D eigenvalue weighted by Gasteiger charge is 2.21. The molecule has 0 unspecified atom stereocenters. The summed E-state index contributed by atoms with van der Waals surface area (Å²) in [5.74, 6) is 1.25. The van der Waals surface area contributed by atoms with Crippen LogP contribution in [0.4, 0.5) is 5.69 Å². The van der Waals surface area contributed by atoms with Crippen LogP contribution in [0.5, 0.6) is 11.5 Å². The Kier molecular flexibility index (Phi) is 4.92. The zero-order valence-electron chi connectivity index (χ0n) is 12.8. The van der Waals surface area contributed by atoms with Gasteiger partial charge in [-0.2, -0.15) is 0 Å². The normalized spacial score (nSPS) is 11.0. The molecule has 22 heavy (non-hydrogen) atoms. The van der Waals surface area contributed by atoms with Crippen molar-refractivity contribution in [3.63, 3.8) is 0 Å². The molecule has 0 amide bonds. The number of hydrogen-bond acceptors (Lipinski definition) is 4. The molecule has 0 aromatic heterocycles. The maximum atomic E-state index is 12.6. The summed E-state index contributed by atoms with van der Waals surface area (Å²) in [6, 6.07) is 13.3. The molecule has 0 saturated carbocycles. The zero-order chi connectivity index (χ0) is 16.2. The Balaban J connectivity index is 2.32. The highest BCUT2D eigenvalue weighted by molar-refractivity contribution is 7.92. The lowest BCUT2D eigenvalue weighted by Gasteiger charge is -2.20. The summed E-state index contributed by atoms with van der Waals surface area (Å²) in [5, 5.41) is 0. The van der Waals surface area contributed by atoms with Gasteiger partial charge in [-0.3, -0.25) is 4.31 Å². The lowest BCUT2D eigenvalue weighted by atomic mass is 10.3. The fourth-order valence-corrected chi connectivity index (χ4v) is 3.17. The van der Waals surface area contributed by atoms with Gasteiger partial charge >= 0.3 is 0 Å². The highest BCUT2D eigenvalue weighted by Crippen LogP contribution is 2.26. The van der Waals surface area contributed by atoms with E-state index in [-0.39, 0.29) is 4.90 Å². The molecule has 0 aliphatic rings. The van der Waals surface area contributed by atoms with E-state index >= 15 is 0 Å². The minimum absolute atomic E-state index is 0.210. The van der Waals surface area contributed by atoms with E-state index < -0.39 is 10.0 Å². The first-order valence-corrected chi connectivity index (χ1v) is 8.29. The van der Waals surface area contributed by atoms with Gasteiger partial charge in [0.1, 0.15) is 11.5 Å². The van der Waals surface area contributed by atoms with Crippen LogP contribution in [0.1, 0.15) is 6.92 Å². The van der Waals surface area contributed by atoms with Crippen LogP contribution in [0, 0.1) is 0 Å². The number of ether oxygens (including phenoxy) is 2. The van der Waals surface area contributed by atoms with Gasteiger partial charge in [0.05, 0.1) is 24.3 Å². The van der Waals surface area contributed by atoms with Crippen molar-refractivity contribution >= 4 is 15.7 Å². The Bertz CT molecular complexity index is 726. The molecule has 0 spiro atoms. The van der Waals surface area contributed by atoms with E-state index in [1.165, 1.54) is 23.5 Å². The van der Waals surface area contributed by atoms with Crippen molar-refractivity contribution in [2.45, 2.75) is 11.8 Å². The highest BCUT2D eigenvalue weighted by atomic mass is 32.2. The van der Waals surface area contributed by atoms with Gasteiger partial charge < -0.3 is 9.47 Å². The lowest BCUT2D eigenvalue weighted by molar-refractivity contribution is 0.340. The Morgan fingerprint density at radius 3 is 2.32 bits per heavy atom. The van der Waals surface area contributed by atoms with Crippen molar-refractivity contribution in [3.05, 3.63) is 48.5 Å². The van der Waals surface area contributed by atoms with E-state index in [1.807, 2.05) is 6.92 Å². The summed E-state index contributed by atoms with van der Waals surface area (Å²) in [6.07, 6.45) is 0. The number of sulfonamides is 1. The number of nitrogens with zero attached hydrogens (tertiary/aromatic N) is 1. The van der Waals surface area contributed by atoms with Crippen molar-refractivity contribution in [2.75, 3.05) is 25.1 Å². The van der Waals surface area contributed by atoms with Crippen molar-refractivity contribution in [3.8, 4) is 11.5 Å². The van der Waals surface area contributed by atoms with E-state index in [2.05, 4.69) is 0 Å². The largest absolute Gasteiger partial charge is 0.497 e. The molecule has 0 fully saturated rings. The fourth-order valence-electron chi connectivity index (χ4n) is 1.98. The van der Waals surface area contributed by atoms with Gasteiger partial charge in [-0.25, -0.2) is 8.42 Å². The number of benzene rings is 2. The van der Waals surface area contributed by atoms with Crippen LogP contribution in [0.15, 0.2) is 53.4 Å². The number of hydrogen-bond donors (Lipinski definition) is 0. The first-order chi connectivity index (χ1) is 10.5. The van der Waals surface area contributed by atoms with E-state index in [1.54, 1.807) is 43.5 Å². The molecular weight excluding hydrogens is 302 g/mol. The lowest BCUT2D eigenvalue weighted by Crippen LogP contribution is -2.26. The quantitative estimate of drug-likeness (QED) is 0.821. The van der Waals surface area contributed by atoms with Gasteiger partial charge in [0.25, 0.3) is 10.0 Å². The molecule has 0 aliphatic carbocycles. The van der Waals surface area contributed by atoms with Crippen LogP contribution in [0.25, 0.3) is 0 Å². The van der Waals surface area contributed by atoms with E-state index in [9.17, 15) is 8.42 Å². The fraction of sp³-hybridized carbons (Fsp3) is 0.250. The van der Waals surface area contributed by atoms with Crippen LogP contribution >= 0.6 is 0 Å². The second-order valence-electron chi connectivity index (χ2n) is 4.58. The summed E-state index contributed by atoms with van der Waals surface area (Å²) in [7, 11) is -0.570. The third-order valence-corrected chi connectivity index (χ3v) is 5.01. The Hall–Kier alpha value is -2.21. The van der Waals surface area contributed by atoms with Gasteiger partial charge in [0, 0.05) is 13.1 Å².